The lowest BCUT2D eigenvalue weighted by Crippen LogP contribution is -2.33. The molecule has 0 saturated heterocycles. The summed E-state index contributed by atoms with van der Waals surface area (Å²) in [5, 5.41) is 5.34. The summed E-state index contributed by atoms with van der Waals surface area (Å²) in [7, 11) is 0. The van der Waals surface area contributed by atoms with Gasteiger partial charge in [-0.25, -0.2) is 8.78 Å². The Hall–Kier alpha value is -2.43. The average molecular weight is 274 g/mol. The molecule has 0 spiro atoms. The molecule has 0 radical (unpaired) electrons. The molecule has 1 amide bonds. The lowest BCUT2D eigenvalue weighted by Gasteiger charge is -2.13. The highest BCUT2D eigenvalue weighted by molar-refractivity contribution is 5.98. The number of hydrogen-bond donors (Lipinski definition) is 2. The van der Waals surface area contributed by atoms with E-state index in [4.69, 9.17) is 0 Å². The lowest BCUT2D eigenvalue weighted by atomic mass is 10.1. The molecule has 1 aliphatic heterocycles. The van der Waals surface area contributed by atoms with E-state index in [1.807, 2.05) is 24.3 Å². The molecule has 2 aromatic carbocycles. The van der Waals surface area contributed by atoms with Gasteiger partial charge >= 0.3 is 0 Å². The van der Waals surface area contributed by atoms with Crippen molar-refractivity contribution in [1.29, 1.82) is 0 Å². The van der Waals surface area contributed by atoms with E-state index in [2.05, 4.69) is 10.6 Å². The summed E-state index contributed by atoms with van der Waals surface area (Å²) < 4.78 is 27.0. The topological polar surface area (TPSA) is 41.1 Å². The molecule has 3 nitrogen and oxygen atoms in total. The average Bonchev–Trinajstić information content (AvgIpc) is 2.87. The van der Waals surface area contributed by atoms with Gasteiger partial charge in [-0.15, -0.1) is 0 Å². The van der Waals surface area contributed by atoms with Crippen molar-refractivity contribution in [3.05, 3.63) is 59.7 Å². The van der Waals surface area contributed by atoms with Gasteiger partial charge in [-0.3, -0.25) is 4.79 Å². The van der Waals surface area contributed by atoms with E-state index < -0.39 is 29.3 Å². The Bertz CT molecular complexity index is 627. The zero-order valence-corrected chi connectivity index (χ0v) is 10.5. The molecule has 20 heavy (non-hydrogen) atoms. The van der Waals surface area contributed by atoms with Crippen LogP contribution in [-0.4, -0.2) is 11.9 Å². The van der Waals surface area contributed by atoms with Gasteiger partial charge in [-0.1, -0.05) is 24.3 Å². The van der Waals surface area contributed by atoms with Crippen molar-refractivity contribution < 1.29 is 13.6 Å². The van der Waals surface area contributed by atoms with Crippen molar-refractivity contribution in [2.75, 3.05) is 10.6 Å². The number of para-hydroxylation sites is 2. The first kappa shape index (κ1) is 12.6. The molecule has 0 fully saturated rings. The smallest absolute Gasteiger partial charge is 0.247 e. The highest BCUT2D eigenvalue weighted by Crippen LogP contribution is 2.26. The molecular weight excluding hydrogens is 262 g/mol. The molecule has 5 heteroatoms. The molecular formula is C15H12F2N2O. The number of amides is 1. The lowest BCUT2D eigenvalue weighted by molar-refractivity contribution is -0.116. The van der Waals surface area contributed by atoms with Crippen LogP contribution < -0.4 is 10.6 Å². The van der Waals surface area contributed by atoms with Crippen molar-refractivity contribution in [2.45, 2.75) is 12.5 Å². The zero-order chi connectivity index (χ0) is 14.1. The van der Waals surface area contributed by atoms with Crippen LogP contribution in [0.3, 0.4) is 0 Å². The second kappa shape index (κ2) is 4.92. The van der Waals surface area contributed by atoms with Gasteiger partial charge in [0.2, 0.25) is 5.91 Å². The molecule has 0 saturated carbocycles. The number of rotatable bonds is 2. The van der Waals surface area contributed by atoms with E-state index in [1.165, 1.54) is 6.07 Å². The fourth-order valence-corrected chi connectivity index (χ4v) is 2.28. The van der Waals surface area contributed by atoms with E-state index in [0.717, 1.165) is 23.4 Å². The van der Waals surface area contributed by atoms with Crippen LogP contribution in [0.1, 0.15) is 5.56 Å². The predicted octanol–water partition coefficient (Wildman–Crippen LogP) is 2.94. The molecule has 1 unspecified atom stereocenters. The van der Waals surface area contributed by atoms with Crippen LogP contribution >= 0.6 is 0 Å². The van der Waals surface area contributed by atoms with Gasteiger partial charge in [0, 0.05) is 12.1 Å². The molecule has 3 rings (SSSR count). The van der Waals surface area contributed by atoms with Crippen LogP contribution in [0.5, 0.6) is 0 Å². The molecule has 2 N–H and O–H groups in total. The second-order valence-electron chi connectivity index (χ2n) is 4.64. The van der Waals surface area contributed by atoms with Crippen LogP contribution in [0.4, 0.5) is 20.2 Å². The summed E-state index contributed by atoms with van der Waals surface area (Å²) >= 11 is 0. The minimum Gasteiger partial charge on any atom is -0.373 e. The van der Waals surface area contributed by atoms with Crippen LogP contribution in [0.25, 0.3) is 0 Å². The van der Waals surface area contributed by atoms with Gasteiger partial charge in [-0.2, -0.15) is 0 Å². The van der Waals surface area contributed by atoms with Gasteiger partial charge in [0.15, 0.2) is 0 Å². The summed E-state index contributed by atoms with van der Waals surface area (Å²) in [6, 6.07) is 10.5. The highest BCUT2D eigenvalue weighted by atomic mass is 19.1. The number of halogens is 2. The van der Waals surface area contributed by atoms with Crippen molar-refractivity contribution in [2.24, 2.45) is 0 Å². The molecule has 2 aromatic rings. The minimum atomic E-state index is -0.783. The summed E-state index contributed by atoms with van der Waals surface area (Å²) in [6.07, 6.45) is 0.498. The zero-order valence-electron chi connectivity index (χ0n) is 10.5. The van der Waals surface area contributed by atoms with E-state index >= 15 is 0 Å². The van der Waals surface area contributed by atoms with E-state index in [-0.39, 0.29) is 0 Å². The third-order valence-electron chi connectivity index (χ3n) is 3.30. The Morgan fingerprint density at radius 3 is 2.50 bits per heavy atom. The summed E-state index contributed by atoms with van der Waals surface area (Å²) in [5.74, 6) is -2.02. The van der Waals surface area contributed by atoms with Gasteiger partial charge in [0.05, 0.1) is 0 Å². The van der Waals surface area contributed by atoms with E-state index in [9.17, 15) is 13.6 Å². The minimum absolute atomic E-state index is 0.407. The second-order valence-corrected chi connectivity index (χ2v) is 4.64. The van der Waals surface area contributed by atoms with Crippen LogP contribution in [0.2, 0.25) is 0 Å². The molecule has 102 valence electrons. The Kier molecular flexibility index (Phi) is 3.10. The Morgan fingerprint density at radius 2 is 1.80 bits per heavy atom. The maximum atomic E-state index is 13.5. The third-order valence-corrected chi connectivity index (χ3v) is 3.30. The van der Waals surface area contributed by atoms with E-state index in [1.54, 1.807) is 0 Å². The number of hydrogen-bond acceptors (Lipinski definition) is 2. The van der Waals surface area contributed by atoms with Crippen molar-refractivity contribution >= 4 is 17.3 Å². The number of anilines is 2. The predicted molar refractivity (Wildman–Crippen MR) is 72.5 cm³/mol. The Balaban J connectivity index is 1.76. The van der Waals surface area contributed by atoms with Crippen molar-refractivity contribution in [1.82, 2.24) is 0 Å². The fourth-order valence-electron chi connectivity index (χ4n) is 2.28. The Labute approximate surface area is 114 Å². The normalized spacial score (nSPS) is 16.4. The van der Waals surface area contributed by atoms with Crippen LogP contribution in [0.15, 0.2) is 42.5 Å². The van der Waals surface area contributed by atoms with Crippen molar-refractivity contribution in [3.63, 3.8) is 0 Å². The molecule has 0 aromatic heterocycles. The monoisotopic (exact) mass is 274 g/mol. The SMILES string of the molecule is O=C(Nc1c(F)cccc1F)C1Cc2ccccc2N1. The van der Waals surface area contributed by atoms with Gasteiger partial charge < -0.3 is 10.6 Å². The number of fused-ring (bicyclic) bond motifs is 1. The first-order chi connectivity index (χ1) is 9.65. The van der Waals surface area contributed by atoms with Gasteiger partial charge in [-0.05, 0) is 23.8 Å². The highest BCUT2D eigenvalue weighted by Gasteiger charge is 2.27. The number of nitrogens with one attached hydrogen (secondary N) is 2. The molecule has 1 aliphatic rings. The quantitative estimate of drug-likeness (QED) is 0.884. The molecule has 1 atom stereocenters. The van der Waals surface area contributed by atoms with E-state index in [0.29, 0.717) is 6.42 Å². The third kappa shape index (κ3) is 2.22. The van der Waals surface area contributed by atoms with Crippen LogP contribution in [0, 0.1) is 11.6 Å². The number of benzene rings is 2. The first-order valence-electron chi connectivity index (χ1n) is 6.24. The van der Waals surface area contributed by atoms with Gasteiger partial charge in [0.25, 0.3) is 0 Å². The summed E-state index contributed by atoms with van der Waals surface area (Å²) in [6.45, 7) is 0. The summed E-state index contributed by atoms with van der Waals surface area (Å²) in [4.78, 5) is 12.1. The van der Waals surface area contributed by atoms with Crippen molar-refractivity contribution in [3.8, 4) is 0 Å². The van der Waals surface area contributed by atoms with Crippen LogP contribution in [-0.2, 0) is 11.2 Å². The number of carbonyl (C=O) groups excluding carboxylic acids is 1. The first-order valence-corrected chi connectivity index (χ1v) is 6.24. The largest absolute Gasteiger partial charge is 0.373 e. The fraction of sp³-hybridized carbons (Fsp3) is 0.133. The molecule has 0 bridgehead atoms. The maximum absolute atomic E-state index is 13.5. The standard InChI is InChI=1S/C15H12F2N2O/c16-10-5-3-6-11(17)14(10)19-15(20)13-8-9-4-1-2-7-12(9)18-13/h1-7,13,18H,8H2,(H,19,20). The summed E-state index contributed by atoms with van der Waals surface area (Å²) in [5.41, 5.74) is 1.48. The molecule has 0 aliphatic carbocycles. The van der Waals surface area contributed by atoms with Gasteiger partial charge in [0.1, 0.15) is 23.4 Å². The Morgan fingerprint density at radius 1 is 1.10 bits per heavy atom. The number of carbonyl (C=O) groups is 1. The molecule has 1 heterocycles. The maximum Gasteiger partial charge on any atom is 0.247 e.